The van der Waals surface area contributed by atoms with Gasteiger partial charge in [0, 0.05) is 12.4 Å². The van der Waals surface area contributed by atoms with E-state index >= 15 is 0 Å². The number of pyridine rings is 1. The van der Waals surface area contributed by atoms with E-state index in [1.807, 2.05) is 26.0 Å². The van der Waals surface area contributed by atoms with Gasteiger partial charge < -0.3 is 0 Å². The first-order valence-corrected chi connectivity index (χ1v) is 4.60. The van der Waals surface area contributed by atoms with Crippen LogP contribution in [0.4, 0.5) is 0 Å². The van der Waals surface area contributed by atoms with E-state index in [1.165, 1.54) is 0 Å². The average molecular weight is 198 g/mol. The Labute approximate surface area is 87.8 Å². The van der Waals surface area contributed by atoms with E-state index in [0.29, 0.717) is 11.4 Å². The zero-order valence-electron chi connectivity index (χ0n) is 8.60. The van der Waals surface area contributed by atoms with Gasteiger partial charge in [-0.05, 0) is 31.5 Å². The second kappa shape index (κ2) is 3.54. The van der Waals surface area contributed by atoms with Crippen LogP contribution in [0.1, 0.15) is 16.8 Å². The Morgan fingerprint density at radius 2 is 2.13 bits per heavy atom. The van der Waals surface area contributed by atoms with Gasteiger partial charge in [-0.3, -0.25) is 0 Å². The second-order valence-corrected chi connectivity index (χ2v) is 3.34. The first-order chi connectivity index (χ1) is 7.22. The highest BCUT2D eigenvalue weighted by Gasteiger charge is 2.08. The molecule has 0 saturated heterocycles. The molecule has 2 aromatic rings. The highest BCUT2D eigenvalue weighted by Crippen LogP contribution is 2.14. The van der Waals surface area contributed by atoms with Crippen molar-refractivity contribution in [2.75, 3.05) is 0 Å². The van der Waals surface area contributed by atoms with Crippen LogP contribution in [0.5, 0.6) is 0 Å². The highest BCUT2D eigenvalue weighted by molar-refractivity contribution is 5.47. The highest BCUT2D eigenvalue weighted by atomic mass is 15.3. The number of aromatic nitrogens is 3. The van der Waals surface area contributed by atoms with Crippen molar-refractivity contribution >= 4 is 0 Å². The van der Waals surface area contributed by atoms with Gasteiger partial charge in [-0.15, -0.1) is 0 Å². The van der Waals surface area contributed by atoms with Crippen LogP contribution >= 0.6 is 0 Å². The summed E-state index contributed by atoms with van der Waals surface area (Å²) >= 11 is 0. The summed E-state index contributed by atoms with van der Waals surface area (Å²) in [4.78, 5) is 4.17. The summed E-state index contributed by atoms with van der Waals surface area (Å²) in [7, 11) is 0. The van der Waals surface area contributed by atoms with Crippen LogP contribution < -0.4 is 0 Å². The molecule has 2 rings (SSSR count). The lowest BCUT2D eigenvalue weighted by molar-refractivity contribution is 0.827. The fourth-order valence-electron chi connectivity index (χ4n) is 1.39. The lowest BCUT2D eigenvalue weighted by Gasteiger charge is -2.04. The standard InChI is InChI=1S/C11H10N4/c1-8-3-5-13-11(10(8)7-12)15-6-4-9(2)14-15/h3-6H,1-2H3. The second-order valence-electron chi connectivity index (χ2n) is 3.34. The Kier molecular flexibility index (Phi) is 2.22. The minimum atomic E-state index is 0.570. The van der Waals surface area contributed by atoms with E-state index in [9.17, 15) is 0 Å². The van der Waals surface area contributed by atoms with E-state index in [2.05, 4.69) is 16.2 Å². The number of nitriles is 1. The normalized spacial score (nSPS) is 9.93. The monoisotopic (exact) mass is 198 g/mol. The third-order valence-corrected chi connectivity index (χ3v) is 2.19. The molecule has 0 unspecified atom stereocenters. The van der Waals surface area contributed by atoms with Crippen molar-refractivity contribution in [2.45, 2.75) is 13.8 Å². The third kappa shape index (κ3) is 1.59. The Bertz CT molecular complexity index is 534. The molecule has 15 heavy (non-hydrogen) atoms. The van der Waals surface area contributed by atoms with E-state index in [-0.39, 0.29) is 0 Å². The molecule has 0 radical (unpaired) electrons. The Hall–Kier alpha value is -2.15. The fraction of sp³-hybridized carbons (Fsp3) is 0.182. The van der Waals surface area contributed by atoms with Crippen LogP contribution in [0.3, 0.4) is 0 Å². The van der Waals surface area contributed by atoms with Gasteiger partial charge in [-0.25, -0.2) is 9.67 Å². The molecule has 0 aliphatic rings. The molecule has 0 fully saturated rings. The smallest absolute Gasteiger partial charge is 0.171 e. The van der Waals surface area contributed by atoms with Gasteiger partial charge in [0.1, 0.15) is 6.07 Å². The minimum Gasteiger partial charge on any atom is -0.236 e. The molecule has 0 N–H and O–H groups in total. The molecule has 4 nitrogen and oxygen atoms in total. The zero-order chi connectivity index (χ0) is 10.8. The number of hydrogen-bond acceptors (Lipinski definition) is 3. The summed E-state index contributed by atoms with van der Waals surface area (Å²) in [5, 5.41) is 13.3. The molecule has 0 aliphatic carbocycles. The van der Waals surface area contributed by atoms with Crippen LogP contribution in [0.2, 0.25) is 0 Å². The quantitative estimate of drug-likeness (QED) is 0.701. The maximum absolute atomic E-state index is 9.04. The molecule has 0 spiro atoms. The molecule has 0 atom stereocenters. The van der Waals surface area contributed by atoms with Crippen molar-refractivity contribution in [3.05, 3.63) is 41.3 Å². The van der Waals surface area contributed by atoms with Crippen molar-refractivity contribution in [3.8, 4) is 11.9 Å². The van der Waals surface area contributed by atoms with Crippen molar-refractivity contribution in [3.63, 3.8) is 0 Å². The van der Waals surface area contributed by atoms with Gasteiger partial charge in [-0.2, -0.15) is 10.4 Å². The number of aryl methyl sites for hydroxylation is 2. The van der Waals surface area contributed by atoms with Crippen LogP contribution in [-0.4, -0.2) is 14.8 Å². The molecule has 2 heterocycles. The molecule has 0 bridgehead atoms. The lowest BCUT2D eigenvalue weighted by atomic mass is 10.1. The summed E-state index contributed by atoms with van der Waals surface area (Å²) in [6.45, 7) is 3.79. The Balaban J connectivity index is 2.63. The number of nitrogens with zero attached hydrogens (tertiary/aromatic N) is 4. The van der Waals surface area contributed by atoms with Crippen LogP contribution in [-0.2, 0) is 0 Å². The molecule has 0 aliphatic heterocycles. The van der Waals surface area contributed by atoms with Gasteiger partial charge in [0.15, 0.2) is 5.82 Å². The number of rotatable bonds is 1. The molecule has 0 aromatic carbocycles. The summed E-state index contributed by atoms with van der Waals surface area (Å²) < 4.78 is 1.63. The largest absolute Gasteiger partial charge is 0.236 e. The van der Waals surface area contributed by atoms with Gasteiger partial charge in [0.05, 0.1) is 11.3 Å². The lowest BCUT2D eigenvalue weighted by Crippen LogP contribution is -2.03. The molecule has 2 aromatic heterocycles. The Morgan fingerprint density at radius 3 is 2.73 bits per heavy atom. The zero-order valence-corrected chi connectivity index (χ0v) is 8.60. The summed E-state index contributed by atoms with van der Waals surface area (Å²) in [6, 6.07) is 5.85. The maximum atomic E-state index is 9.04. The van der Waals surface area contributed by atoms with Crippen molar-refractivity contribution in [1.29, 1.82) is 5.26 Å². The predicted octanol–water partition coefficient (Wildman–Crippen LogP) is 1.76. The minimum absolute atomic E-state index is 0.570. The van der Waals surface area contributed by atoms with Crippen molar-refractivity contribution < 1.29 is 0 Å². The van der Waals surface area contributed by atoms with Gasteiger partial charge in [0.2, 0.25) is 0 Å². The molecular weight excluding hydrogens is 188 g/mol. The van der Waals surface area contributed by atoms with Gasteiger partial charge >= 0.3 is 0 Å². The predicted molar refractivity (Wildman–Crippen MR) is 55.5 cm³/mol. The van der Waals surface area contributed by atoms with Crippen LogP contribution in [0.15, 0.2) is 24.5 Å². The molecular formula is C11H10N4. The van der Waals surface area contributed by atoms with Gasteiger partial charge in [0.25, 0.3) is 0 Å². The SMILES string of the molecule is Cc1ccn(-c2nccc(C)c2C#N)n1. The average Bonchev–Trinajstić information content (AvgIpc) is 2.64. The number of hydrogen-bond donors (Lipinski definition) is 0. The van der Waals surface area contributed by atoms with E-state index < -0.39 is 0 Å². The van der Waals surface area contributed by atoms with Gasteiger partial charge in [-0.1, -0.05) is 0 Å². The topological polar surface area (TPSA) is 54.5 Å². The van der Waals surface area contributed by atoms with E-state index in [1.54, 1.807) is 17.1 Å². The summed E-state index contributed by atoms with van der Waals surface area (Å²) in [5.74, 6) is 0.589. The Morgan fingerprint density at radius 1 is 1.33 bits per heavy atom. The summed E-state index contributed by atoms with van der Waals surface area (Å²) in [5.41, 5.74) is 2.39. The van der Waals surface area contributed by atoms with E-state index in [0.717, 1.165) is 11.3 Å². The molecule has 4 heteroatoms. The van der Waals surface area contributed by atoms with Crippen molar-refractivity contribution in [1.82, 2.24) is 14.8 Å². The maximum Gasteiger partial charge on any atom is 0.171 e. The van der Waals surface area contributed by atoms with Crippen molar-refractivity contribution in [2.24, 2.45) is 0 Å². The first kappa shape index (κ1) is 9.41. The van der Waals surface area contributed by atoms with Crippen LogP contribution in [0, 0.1) is 25.2 Å². The molecule has 74 valence electrons. The fourth-order valence-corrected chi connectivity index (χ4v) is 1.39. The molecule has 0 amide bonds. The van der Waals surface area contributed by atoms with Crippen LogP contribution in [0.25, 0.3) is 5.82 Å². The first-order valence-electron chi connectivity index (χ1n) is 4.60. The molecule has 0 saturated carbocycles. The van der Waals surface area contributed by atoms with E-state index in [4.69, 9.17) is 5.26 Å². The third-order valence-electron chi connectivity index (χ3n) is 2.19. The summed E-state index contributed by atoms with van der Waals surface area (Å²) in [6.07, 6.45) is 3.49.